The first-order valence-electron chi connectivity index (χ1n) is 10.8. The quantitative estimate of drug-likeness (QED) is 0.304. The van der Waals surface area contributed by atoms with Crippen molar-refractivity contribution in [1.29, 1.82) is 0 Å². The van der Waals surface area contributed by atoms with Gasteiger partial charge in [0.05, 0.1) is 0 Å². The van der Waals surface area contributed by atoms with Crippen molar-refractivity contribution < 1.29 is 0 Å². The lowest BCUT2D eigenvalue weighted by Crippen LogP contribution is -2.08. The second kappa shape index (κ2) is 9.06. The SMILES string of the molecule is CC=C(C=C(C)c1cccc2cc(-c3cccc(N(C)C)c3)ccc12)c1ccccc1. The molecule has 1 nitrogen and oxygen atoms in total. The van der Waals surface area contributed by atoms with Crippen molar-refractivity contribution in [2.75, 3.05) is 19.0 Å². The molecule has 154 valence electrons. The molecule has 0 bridgehead atoms. The molecule has 0 unspecified atom stereocenters. The summed E-state index contributed by atoms with van der Waals surface area (Å²) in [7, 11) is 4.16. The summed E-state index contributed by atoms with van der Waals surface area (Å²) in [6.45, 7) is 4.30. The first-order valence-corrected chi connectivity index (χ1v) is 10.8. The van der Waals surface area contributed by atoms with Gasteiger partial charge in [0.25, 0.3) is 0 Å². The molecule has 0 saturated heterocycles. The monoisotopic (exact) mass is 403 g/mol. The third-order valence-electron chi connectivity index (χ3n) is 5.79. The highest BCUT2D eigenvalue weighted by molar-refractivity contribution is 5.98. The van der Waals surface area contributed by atoms with Gasteiger partial charge in [-0.3, -0.25) is 0 Å². The fourth-order valence-corrected chi connectivity index (χ4v) is 4.05. The van der Waals surface area contributed by atoms with Crippen LogP contribution in [0.15, 0.2) is 103 Å². The van der Waals surface area contributed by atoms with E-state index in [0.717, 1.165) is 0 Å². The zero-order valence-electron chi connectivity index (χ0n) is 18.8. The van der Waals surface area contributed by atoms with Crippen molar-refractivity contribution >= 4 is 27.6 Å². The van der Waals surface area contributed by atoms with Gasteiger partial charge in [0.15, 0.2) is 0 Å². The minimum atomic E-state index is 1.21. The van der Waals surface area contributed by atoms with Crippen molar-refractivity contribution in [1.82, 2.24) is 0 Å². The first-order chi connectivity index (χ1) is 15.1. The maximum atomic E-state index is 2.30. The van der Waals surface area contributed by atoms with Gasteiger partial charge < -0.3 is 4.90 Å². The number of hydrogen-bond donors (Lipinski definition) is 0. The predicted octanol–water partition coefficient (Wildman–Crippen LogP) is 8.08. The van der Waals surface area contributed by atoms with Crippen LogP contribution in [-0.4, -0.2) is 14.1 Å². The first kappa shape index (κ1) is 20.7. The second-order valence-corrected chi connectivity index (χ2v) is 8.12. The highest BCUT2D eigenvalue weighted by Gasteiger charge is 2.07. The van der Waals surface area contributed by atoms with E-state index >= 15 is 0 Å². The second-order valence-electron chi connectivity index (χ2n) is 8.12. The maximum absolute atomic E-state index is 2.30. The molecular weight excluding hydrogens is 374 g/mol. The zero-order chi connectivity index (χ0) is 21.8. The van der Waals surface area contributed by atoms with E-state index in [0.29, 0.717) is 0 Å². The molecule has 0 N–H and O–H groups in total. The van der Waals surface area contributed by atoms with E-state index in [2.05, 4.69) is 136 Å². The molecule has 4 aromatic rings. The third kappa shape index (κ3) is 4.46. The Morgan fingerprint density at radius 2 is 1.48 bits per heavy atom. The van der Waals surface area contributed by atoms with Gasteiger partial charge in [-0.2, -0.15) is 0 Å². The van der Waals surface area contributed by atoms with Gasteiger partial charge in [0.1, 0.15) is 0 Å². The summed E-state index contributed by atoms with van der Waals surface area (Å²) >= 11 is 0. The Balaban J connectivity index is 1.74. The van der Waals surface area contributed by atoms with E-state index < -0.39 is 0 Å². The molecule has 31 heavy (non-hydrogen) atoms. The minimum absolute atomic E-state index is 1.21. The Kier molecular flexibility index (Phi) is 6.04. The van der Waals surface area contributed by atoms with Gasteiger partial charge >= 0.3 is 0 Å². The van der Waals surface area contributed by atoms with Gasteiger partial charge in [0, 0.05) is 19.8 Å². The standard InChI is InChI=1S/C30H29N/c1-5-23(24-11-7-6-8-12-24)19-22(2)29-16-10-14-27-20-26(17-18-30(27)29)25-13-9-15-28(21-25)31(3)4/h5-21H,1-4H3. The average Bonchev–Trinajstić information content (AvgIpc) is 2.82. The Hall–Kier alpha value is -3.58. The van der Waals surface area contributed by atoms with Crippen molar-refractivity contribution in [3.63, 3.8) is 0 Å². The molecule has 0 aliphatic rings. The number of fused-ring (bicyclic) bond motifs is 1. The summed E-state index contributed by atoms with van der Waals surface area (Å²) in [5.41, 5.74) is 8.73. The van der Waals surface area contributed by atoms with Crippen LogP contribution in [0.4, 0.5) is 5.69 Å². The van der Waals surface area contributed by atoms with Gasteiger partial charge in [-0.25, -0.2) is 0 Å². The molecule has 0 aliphatic heterocycles. The van der Waals surface area contributed by atoms with E-state index in [-0.39, 0.29) is 0 Å². The van der Waals surface area contributed by atoms with E-state index in [1.165, 1.54) is 49.9 Å². The third-order valence-corrected chi connectivity index (χ3v) is 5.79. The maximum Gasteiger partial charge on any atom is 0.0367 e. The Morgan fingerprint density at radius 3 is 2.23 bits per heavy atom. The summed E-state index contributed by atoms with van der Waals surface area (Å²) in [4.78, 5) is 2.14. The lowest BCUT2D eigenvalue weighted by Gasteiger charge is -2.14. The topological polar surface area (TPSA) is 3.24 Å². The van der Waals surface area contributed by atoms with Gasteiger partial charge in [0.2, 0.25) is 0 Å². The highest BCUT2D eigenvalue weighted by atomic mass is 15.1. The normalized spacial score (nSPS) is 12.3. The number of allylic oxidation sites excluding steroid dienone is 4. The zero-order valence-corrected chi connectivity index (χ0v) is 18.8. The van der Waals surface area contributed by atoms with E-state index in [4.69, 9.17) is 0 Å². The molecule has 0 heterocycles. The van der Waals surface area contributed by atoms with Crippen molar-refractivity contribution in [2.45, 2.75) is 13.8 Å². The van der Waals surface area contributed by atoms with Crippen LogP contribution < -0.4 is 4.90 Å². The van der Waals surface area contributed by atoms with E-state index in [9.17, 15) is 0 Å². The lowest BCUT2D eigenvalue weighted by molar-refractivity contribution is 1.13. The van der Waals surface area contributed by atoms with Crippen LogP contribution >= 0.6 is 0 Å². The number of anilines is 1. The van der Waals surface area contributed by atoms with Crippen LogP contribution in [-0.2, 0) is 0 Å². The molecular formula is C30H29N. The molecule has 0 spiro atoms. The molecule has 0 fully saturated rings. The average molecular weight is 404 g/mol. The molecule has 1 heteroatoms. The summed E-state index contributed by atoms with van der Waals surface area (Å²) in [5.74, 6) is 0. The van der Waals surface area contributed by atoms with Crippen LogP contribution in [0.25, 0.3) is 33.0 Å². The summed E-state index contributed by atoms with van der Waals surface area (Å²) < 4.78 is 0. The largest absolute Gasteiger partial charge is 0.378 e. The van der Waals surface area contributed by atoms with Crippen LogP contribution in [0.2, 0.25) is 0 Å². The molecule has 0 aromatic heterocycles. The molecule has 0 amide bonds. The summed E-state index contributed by atoms with van der Waals surface area (Å²) in [5, 5.41) is 2.55. The van der Waals surface area contributed by atoms with Crippen molar-refractivity contribution in [3.8, 4) is 11.1 Å². The fraction of sp³-hybridized carbons (Fsp3) is 0.133. The molecule has 4 rings (SSSR count). The lowest BCUT2D eigenvalue weighted by atomic mass is 9.93. The van der Waals surface area contributed by atoms with Crippen LogP contribution in [0.1, 0.15) is 25.0 Å². The highest BCUT2D eigenvalue weighted by Crippen LogP contribution is 2.32. The predicted molar refractivity (Wildman–Crippen MR) is 137 cm³/mol. The number of benzene rings is 4. The van der Waals surface area contributed by atoms with Crippen LogP contribution in [0.5, 0.6) is 0 Å². The number of hydrogen-bond acceptors (Lipinski definition) is 1. The molecule has 4 aromatic carbocycles. The molecule has 0 aliphatic carbocycles. The van der Waals surface area contributed by atoms with Gasteiger partial charge in [-0.05, 0) is 76.2 Å². The van der Waals surface area contributed by atoms with Gasteiger partial charge in [-0.15, -0.1) is 0 Å². The number of rotatable bonds is 5. The van der Waals surface area contributed by atoms with E-state index in [1.54, 1.807) is 0 Å². The Morgan fingerprint density at radius 1 is 0.742 bits per heavy atom. The van der Waals surface area contributed by atoms with Crippen LogP contribution in [0.3, 0.4) is 0 Å². The molecule has 0 radical (unpaired) electrons. The number of nitrogens with zero attached hydrogens (tertiary/aromatic N) is 1. The Labute approximate surface area is 186 Å². The summed E-state index contributed by atoms with van der Waals surface area (Å²) in [6.07, 6.45) is 4.47. The summed E-state index contributed by atoms with van der Waals surface area (Å²) in [6, 6.07) is 32.6. The fourth-order valence-electron chi connectivity index (χ4n) is 4.05. The Bertz CT molecular complexity index is 1260. The minimum Gasteiger partial charge on any atom is -0.378 e. The molecule has 0 saturated carbocycles. The van der Waals surface area contributed by atoms with Gasteiger partial charge in [-0.1, -0.05) is 84.9 Å². The molecule has 0 atom stereocenters. The van der Waals surface area contributed by atoms with Crippen LogP contribution in [0, 0.1) is 0 Å². The van der Waals surface area contributed by atoms with E-state index in [1.807, 2.05) is 0 Å². The van der Waals surface area contributed by atoms with Crippen molar-refractivity contribution in [2.24, 2.45) is 0 Å². The van der Waals surface area contributed by atoms with Crippen molar-refractivity contribution in [3.05, 3.63) is 114 Å². The smallest absolute Gasteiger partial charge is 0.0367 e.